The van der Waals surface area contributed by atoms with Gasteiger partial charge in [0.05, 0.1) is 24.4 Å². The molecule has 188 valence electrons. The molecular weight excluding hydrogens is 468 g/mol. The monoisotopic (exact) mass is 496 g/mol. The largest absolute Gasteiger partial charge is 0.504 e. The number of urea groups is 1. The molecule has 0 saturated carbocycles. The van der Waals surface area contributed by atoms with Gasteiger partial charge in [-0.25, -0.2) is 4.79 Å². The highest BCUT2D eigenvalue weighted by molar-refractivity contribution is 6.01. The summed E-state index contributed by atoms with van der Waals surface area (Å²) in [6, 6.07) is 17.8. The third kappa shape index (κ3) is 4.42. The minimum Gasteiger partial charge on any atom is -0.504 e. The van der Waals surface area contributed by atoms with Gasteiger partial charge in [-0.15, -0.1) is 0 Å². The summed E-state index contributed by atoms with van der Waals surface area (Å²) in [5, 5.41) is 17.8. The van der Waals surface area contributed by atoms with Crippen LogP contribution in [0, 0.1) is 20.8 Å². The average molecular weight is 497 g/mol. The number of rotatable bonds is 5. The standard InChI is InChI=1S/C29H28N4O4/c1-16-7-6-8-21(13-16)27-31-28(37-32-27)25-19(4)33(22-11-9-17(2)18(3)14-22)29(35)30-26(25)20-10-12-24(36-5)23(34)15-20/h6-15,26,34H,1-5H3,(H,30,35). The Morgan fingerprint density at radius 3 is 2.51 bits per heavy atom. The third-order valence-electron chi connectivity index (χ3n) is 6.70. The molecule has 2 amide bonds. The number of allylic oxidation sites excluding steroid dienone is 1. The average Bonchev–Trinajstić information content (AvgIpc) is 3.35. The Morgan fingerprint density at radius 1 is 1.00 bits per heavy atom. The predicted octanol–water partition coefficient (Wildman–Crippen LogP) is 6.08. The fraction of sp³-hybridized carbons (Fsp3) is 0.207. The maximum absolute atomic E-state index is 13.5. The number of methoxy groups -OCH3 is 1. The van der Waals surface area contributed by atoms with Gasteiger partial charge in [-0.2, -0.15) is 4.98 Å². The van der Waals surface area contributed by atoms with Crippen molar-refractivity contribution in [3.8, 4) is 22.9 Å². The first-order valence-corrected chi connectivity index (χ1v) is 11.9. The van der Waals surface area contributed by atoms with E-state index in [1.165, 1.54) is 7.11 Å². The maximum Gasteiger partial charge on any atom is 0.326 e. The number of aryl methyl sites for hydroxylation is 3. The topological polar surface area (TPSA) is 101 Å². The summed E-state index contributed by atoms with van der Waals surface area (Å²) in [6.07, 6.45) is 0. The van der Waals surface area contributed by atoms with E-state index in [-0.39, 0.29) is 17.7 Å². The smallest absolute Gasteiger partial charge is 0.326 e. The summed E-state index contributed by atoms with van der Waals surface area (Å²) < 4.78 is 11.0. The Morgan fingerprint density at radius 2 is 1.81 bits per heavy atom. The molecule has 5 rings (SSSR count). The molecule has 0 aliphatic carbocycles. The Labute approximate surface area is 215 Å². The van der Waals surface area contributed by atoms with E-state index in [9.17, 15) is 9.90 Å². The van der Waals surface area contributed by atoms with Gasteiger partial charge >= 0.3 is 6.03 Å². The summed E-state index contributed by atoms with van der Waals surface area (Å²) in [5.41, 5.74) is 6.77. The highest BCUT2D eigenvalue weighted by Gasteiger charge is 2.37. The Bertz CT molecular complexity index is 1540. The number of nitrogens with one attached hydrogen (secondary N) is 1. The molecule has 1 aliphatic heterocycles. The summed E-state index contributed by atoms with van der Waals surface area (Å²) in [6.45, 7) is 7.90. The van der Waals surface area contributed by atoms with Crippen LogP contribution in [-0.2, 0) is 0 Å². The third-order valence-corrected chi connectivity index (χ3v) is 6.70. The molecule has 8 heteroatoms. The Balaban J connectivity index is 1.67. The molecule has 3 aromatic carbocycles. The Hall–Kier alpha value is -4.59. The fourth-order valence-corrected chi connectivity index (χ4v) is 4.57. The first-order chi connectivity index (χ1) is 17.8. The van der Waals surface area contributed by atoms with Crippen molar-refractivity contribution in [1.29, 1.82) is 0 Å². The molecule has 8 nitrogen and oxygen atoms in total. The van der Waals surface area contributed by atoms with E-state index in [1.807, 2.05) is 70.2 Å². The molecule has 0 spiro atoms. The SMILES string of the molecule is COc1ccc(C2NC(=O)N(c3ccc(C)c(C)c3)C(C)=C2c2nc(-c3cccc(C)c3)no2)cc1O. The molecule has 0 bridgehead atoms. The molecule has 1 unspecified atom stereocenters. The number of carbonyl (C=O) groups excluding carboxylic acids is 1. The molecule has 2 N–H and O–H groups in total. The summed E-state index contributed by atoms with van der Waals surface area (Å²) in [7, 11) is 1.49. The van der Waals surface area contributed by atoms with Crippen LogP contribution in [0.4, 0.5) is 10.5 Å². The first-order valence-electron chi connectivity index (χ1n) is 11.9. The fourth-order valence-electron chi connectivity index (χ4n) is 4.57. The molecule has 1 aliphatic rings. The van der Waals surface area contributed by atoms with Gasteiger partial charge in [0.25, 0.3) is 5.89 Å². The normalized spacial score (nSPS) is 15.6. The van der Waals surface area contributed by atoms with Gasteiger partial charge in [0, 0.05) is 11.3 Å². The van der Waals surface area contributed by atoms with Crippen LogP contribution in [0.1, 0.15) is 41.1 Å². The maximum atomic E-state index is 13.5. The van der Waals surface area contributed by atoms with Crippen molar-refractivity contribution in [3.63, 3.8) is 0 Å². The van der Waals surface area contributed by atoms with Crippen molar-refractivity contribution in [2.45, 2.75) is 33.7 Å². The van der Waals surface area contributed by atoms with E-state index in [0.717, 1.165) is 27.9 Å². The Kier molecular flexibility index (Phi) is 6.17. The molecule has 0 radical (unpaired) electrons. The minimum atomic E-state index is -0.641. The quantitative estimate of drug-likeness (QED) is 0.347. The lowest BCUT2D eigenvalue weighted by molar-refractivity contribution is 0.244. The predicted molar refractivity (Wildman–Crippen MR) is 141 cm³/mol. The van der Waals surface area contributed by atoms with Crippen LogP contribution in [-0.4, -0.2) is 28.4 Å². The summed E-state index contributed by atoms with van der Waals surface area (Å²) in [4.78, 5) is 19.8. The number of nitrogens with zero attached hydrogens (tertiary/aromatic N) is 3. The summed E-state index contributed by atoms with van der Waals surface area (Å²) in [5.74, 6) is 1.03. The van der Waals surface area contributed by atoms with Gasteiger partial charge in [-0.3, -0.25) is 4.90 Å². The van der Waals surface area contributed by atoms with E-state index in [1.54, 1.807) is 23.1 Å². The molecule has 1 atom stereocenters. The number of hydrogen-bond acceptors (Lipinski definition) is 6. The van der Waals surface area contributed by atoms with Crippen molar-refractivity contribution in [1.82, 2.24) is 15.5 Å². The summed E-state index contributed by atoms with van der Waals surface area (Å²) >= 11 is 0. The van der Waals surface area contributed by atoms with Gasteiger partial charge in [-0.05, 0) is 74.7 Å². The zero-order valence-electron chi connectivity index (χ0n) is 21.4. The number of aromatic nitrogens is 2. The van der Waals surface area contributed by atoms with Gasteiger partial charge in [0.1, 0.15) is 0 Å². The highest BCUT2D eigenvalue weighted by Crippen LogP contribution is 2.41. The van der Waals surface area contributed by atoms with Crippen LogP contribution in [0.5, 0.6) is 11.5 Å². The molecule has 1 aromatic heterocycles. The van der Waals surface area contributed by atoms with Crippen molar-refractivity contribution in [2.75, 3.05) is 12.0 Å². The molecule has 0 saturated heterocycles. The van der Waals surface area contributed by atoms with Crippen LogP contribution in [0.2, 0.25) is 0 Å². The molecule has 0 fully saturated rings. The van der Waals surface area contributed by atoms with Gasteiger partial charge in [-0.1, -0.05) is 41.1 Å². The van der Waals surface area contributed by atoms with Crippen LogP contribution in [0.3, 0.4) is 0 Å². The lowest BCUT2D eigenvalue weighted by Gasteiger charge is -2.35. The molecule has 2 heterocycles. The van der Waals surface area contributed by atoms with Crippen LogP contribution in [0.15, 0.2) is 70.9 Å². The van der Waals surface area contributed by atoms with E-state index >= 15 is 0 Å². The van der Waals surface area contributed by atoms with Crippen molar-refractivity contribution >= 4 is 17.3 Å². The second-order valence-electron chi connectivity index (χ2n) is 9.21. The number of benzene rings is 3. The second kappa shape index (κ2) is 9.46. The van der Waals surface area contributed by atoms with Crippen molar-refractivity contribution in [3.05, 3.63) is 94.5 Å². The van der Waals surface area contributed by atoms with Crippen molar-refractivity contribution in [2.24, 2.45) is 0 Å². The molecular formula is C29H28N4O4. The van der Waals surface area contributed by atoms with Crippen LogP contribution >= 0.6 is 0 Å². The minimum absolute atomic E-state index is 0.0335. The lowest BCUT2D eigenvalue weighted by atomic mass is 9.94. The zero-order chi connectivity index (χ0) is 26.3. The number of phenolic OH excluding ortho intramolecular Hbond substituents is 1. The van der Waals surface area contributed by atoms with E-state index in [2.05, 4.69) is 10.5 Å². The van der Waals surface area contributed by atoms with E-state index in [4.69, 9.17) is 14.2 Å². The number of ether oxygens (including phenoxy) is 1. The lowest BCUT2D eigenvalue weighted by Crippen LogP contribution is -2.46. The highest BCUT2D eigenvalue weighted by atomic mass is 16.5. The van der Waals surface area contributed by atoms with Crippen LogP contribution < -0.4 is 15.0 Å². The van der Waals surface area contributed by atoms with E-state index < -0.39 is 6.04 Å². The van der Waals surface area contributed by atoms with Crippen LogP contribution in [0.25, 0.3) is 17.0 Å². The van der Waals surface area contributed by atoms with Gasteiger partial charge in [0.2, 0.25) is 5.82 Å². The number of hydrogen-bond donors (Lipinski definition) is 2. The number of amides is 2. The first kappa shape index (κ1) is 24.1. The number of anilines is 1. The number of phenols is 1. The van der Waals surface area contributed by atoms with Crippen molar-refractivity contribution < 1.29 is 19.2 Å². The zero-order valence-corrected chi connectivity index (χ0v) is 21.4. The number of carbonyl (C=O) groups is 1. The van der Waals surface area contributed by atoms with E-state index in [0.29, 0.717) is 28.4 Å². The van der Waals surface area contributed by atoms with Gasteiger partial charge in [0.15, 0.2) is 11.5 Å². The number of aromatic hydroxyl groups is 1. The van der Waals surface area contributed by atoms with Gasteiger partial charge < -0.3 is 19.7 Å². The molecule has 4 aromatic rings. The second-order valence-corrected chi connectivity index (χ2v) is 9.21. The molecule has 37 heavy (non-hydrogen) atoms.